The van der Waals surface area contributed by atoms with E-state index in [9.17, 15) is 4.79 Å². The highest BCUT2D eigenvalue weighted by molar-refractivity contribution is 5.79. The van der Waals surface area contributed by atoms with Crippen molar-refractivity contribution in [3.63, 3.8) is 0 Å². The molecular weight excluding hydrogens is 224 g/mol. The number of hydrogen-bond acceptors (Lipinski definition) is 2. The molecule has 0 radical (unpaired) electrons. The SMILES string of the molecule is CCCC1CCC2(CCC(=O)N2CCC#N)CC1. The van der Waals surface area contributed by atoms with Crippen LogP contribution in [0, 0.1) is 17.2 Å². The lowest BCUT2D eigenvalue weighted by molar-refractivity contribution is -0.132. The van der Waals surface area contributed by atoms with Crippen LogP contribution >= 0.6 is 0 Å². The van der Waals surface area contributed by atoms with E-state index in [2.05, 4.69) is 13.0 Å². The lowest BCUT2D eigenvalue weighted by Gasteiger charge is -2.43. The van der Waals surface area contributed by atoms with Gasteiger partial charge in [0.25, 0.3) is 0 Å². The van der Waals surface area contributed by atoms with Gasteiger partial charge in [-0.1, -0.05) is 19.8 Å². The van der Waals surface area contributed by atoms with Crippen LogP contribution < -0.4 is 0 Å². The maximum atomic E-state index is 12.0. The molecule has 3 nitrogen and oxygen atoms in total. The molecule has 1 heterocycles. The number of amides is 1. The van der Waals surface area contributed by atoms with Crippen LogP contribution in [-0.4, -0.2) is 22.9 Å². The summed E-state index contributed by atoms with van der Waals surface area (Å²) in [5.74, 6) is 1.15. The van der Waals surface area contributed by atoms with Crippen molar-refractivity contribution in [1.29, 1.82) is 5.26 Å². The van der Waals surface area contributed by atoms with Crippen molar-refractivity contribution < 1.29 is 4.79 Å². The Balaban J connectivity index is 1.98. The summed E-state index contributed by atoms with van der Waals surface area (Å²) in [6.07, 6.45) is 9.67. The minimum absolute atomic E-state index is 0.123. The van der Waals surface area contributed by atoms with Gasteiger partial charge in [0, 0.05) is 18.5 Å². The molecule has 1 saturated heterocycles. The number of carbonyl (C=O) groups excluding carboxylic acids is 1. The molecule has 0 atom stereocenters. The van der Waals surface area contributed by atoms with Gasteiger partial charge in [0.1, 0.15) is 0 Å². The second kappa shape index (κ2) is 5.73. The zero-order valence-corrected chi connectivity index (χ0v) is 11.5. The number of hydrogen-bond donors (Lipinski definition) is 0. The fraction of sp³-hybridized carbons (Fsp3) is 0.867. The summed E-state index contributed by atoms with van der Waals surface area (Å²) in [5, 5.41) is 8.72. The highest BCUT2D eigenvalue weighted by Crippen LogP contribution is 2.44. The molecule has 2 aliphatic rings. The molecule has 0 unspecified atom stereocenters. The van der Waals surface area contributed by atoms with E-state index in [0.717, 1.165) is 25.2 Å². The Morgan fingerprint density at radius 1 is 1.39 bits per heavy atom. The van der Waals surface area contributed by atoms with E-state index in [1.807, 2.05) is 4.90 Å². The van der Waals surface area contributed by atoms with Crippen molar-refractivity contribution in [3.8, 4) is 6.07 Å². The summed E-state index contributed by atoms with van der Waals surface area (Å²) in [6, 6.07) is 2.17. The zero-order chi connectivity index (χ0) is 13.0. The first-order chi connectivity index (χ1) is 8.72. The smallest absolute Gasteiger partial charge is 0.223 e. The minimum Gasteiger partial charge on any atom is -0.336 e. The summed E-state index contributed by atoms with van der Waals surface area (Å²) in [4.78, 5) is 14.0. The minimum atomic E-state index is 0.123. The van der Waals surface area contributed by atoms with E-state index in [1.54, 1.807) is 0 Å². The molecule has 2 rings (SSSR count). The van der Waals surface area contributed by atoms with Crippen molar-refractivity contribution in [2.75, 3.05) is 6.54 Å². The lowest BCUT2D eigenvalue weighted by atomic mass is 9.74. The Bertz CT molecular complexity index is 337. The molecule has 0 N–H and O–H groups in total. The monoisotopic (exact) mass is 248 g/mol. The van der Waals surface area contributed by atoms with Crippen LogP contribution in [0.2, 0.25) is 0 Å². The molecule has 0 bridgehead atoms. The first-order valence-corrected chi connectivity index (χ1v) is 7.39. The van der Waals surface area contributed by atoms with Gasteiger partial charge in [-0.2, -0.15) is 5.26 Å². The van der Waals surface area contributed by atoms with Crippen LogP contribution in [0.25, 0.3) is 0 Å². The van der Waals surface area contributed by atoms with Crippen molar-refractivity contribution in [2.45, 2.75) is 70.3 Å². The normalized spacial score (nSPS) is 31.9. The molecule has 2 fully saturated rings. The van der Waals surface area contributed by atoms with Gasteiger partial charge < -0.3 is 4.90 Å². The molecular formula is C15H24N2O. The van der Waals surface area contributed by atoms with Gasteiger partial charge in [0.2, 0.25) is 5.91 Å². The van der Waals surface area contributed by atoms with Gasteiger partial charge >= 0.3 is 0 Å². The number of rotatable bonds is 4. The molecule has 18 heavy (non-hydrogen) atoms. The molecule has 1 aliphatic heterocycles. The van der Waals surface area contributed by atoms with Crippen LogP contribution in [0.4, 0.5) is 0 Å². The second-order valence-electron chi connectivity index (χ2n) is 5.91. The zero-order valence-electron chi connectivity index (χ0n) is 11.5. The summed E-state index contributed by atoms with van der Waals surface area (Å²) in [5.41, 5.74) is 0.123. The highest BCUT2D eigenvalue weighted by atomic mass is 16.2. The first-order valence-electron chi connectivity index (χ1n) is 7.39. The average molecular weight is 248 g/mol. The van der Waals surface area contributed by atoms with Gasteiger partial charge in [-0.25, -0.2) is 0 Å². The first kappa shape index (κ1) is 13.4. The van der Waals surface area contributed by atoms with Gasteiger partial charge in [-0.05, 0) is 38.0 Å². The Morgan fingerprint density at radius 2 is 2.11 bits per heavy atom. The van der Waals surface area contributed by atoms with Gasteiger partial charge in [0.05, 0.1) is 12.5 Å². The topological polar surface area (TPSA) is 44.1 Å². The van der Waals surface area contributed by atoms with Crippen molar-refractivity contribution in [3.05, 3.63) is 0 Å². The maximum absolute atomic E-state index is 12.0. The van der Waals surface area contributed by atoms with E-state index >= 15 is 0 Å². The summed E-state index contributed by atoms with van der Waals surface area (Å²) in [6.45, 7) is 2.90. The van der Waals surface area contributed by atoms with Crippen molar-refractivity contribution >= 4 is 5.91 Å². The molecule has 0 aromatic carbocycles. The van der Waals surface area contributed by atoms with E-state index < -0.39 is 0 Å². The summed E-state index contributed by atoms with van der Waals surface area (Å²) in [7, 11) is 0. The van der Waals surface area contributed by atoms with Gasteiger partial charge in [0.15, 0.2) is 0 Å². The highest BCUT2D eigenvalue weighted by Gasteiger charge is 2.46. The Kier molecular flexibility index (Phi) is 4.27. The Morgan fingerprint density at radius 3 is 2.72 bits per heavy atom. The molecule has 0 aromatic heterocycles. The lowest BCUT2D eigenvalue weighted by Crippen LogP contribution is -2.48. The quantitative estimate of drug-likeness (QED) is 0.766. The van der Waals surface area contributed by atoms with Crippen LogP contribution in [0.1, 0.15) is 64.7 Å². The third kappa shape index (κ3) is 2.53. The molecule has 100 valence electrons. The van der Waals surface area contributed by atoms with Crippen LogP contribution in [0.3, 0.4) is 0 Å². The molecule has 1 spiro atoms. The standard InChI is InChI=1S/C15H24N2O/c1-2-4-13-5-8-15(9-6-13)10-7-14(18)17(15)12-3-11-16/h13H,2-10,12H2,1H3. The van der Waals surface area contributed by atoms with Crippen molar-refractivity contribution in [1.82, 2.24) is 4.90 Å². The maximum Gasteiger partial charge on any atom is 0.223 e. The molecule has 1 aliphatic carbocycles. The molecule has 1 amide bonds. The third-order valence-corrected chi connectivity index (χ3v) is 4.86. The van der Waals surface area contributed by atoms with Crippen LogP contribution in [0.5, 0.6) is 0 Å². The fourth-order valence-corrected chi connectivity index (χ4v) is 3.83. The van der Waals surface area contributed by atoms with Crippen molar-refractivity contribution in [2.24, 2.45) is 5.92 Å². The number of likely N-dealkylation sites (tertiary alicyclic amines) is 1. The Labute approximate surface area is 110 Å². The fourth-order valence-electron chi connectivity index (χ4n) is 3.83. The number of carbonyl (C=O) groups is 1. The number of nitriles is 1. The third-order valence-electron chi connectivity index (χ3n) is 4.86. The van der Waals surface area contributed by atoms with Gasteiger partial charge in [-0.3, -0.25) is 4.79 Å². The number of nitrogens with zero attached hydrogens (tertiary/aromatic N) is 2. The molecule has 0 aromatic rings. The Hall–Kier alpha value is -1.04. The van der Waals surface area contributed by atoms with E-state index in [0.29, 0.717) is 19.4 Å². The van der Waals surface area contributed by atoms with E-state index in [1.165, 1.54) is 25.7 Å². The molecule has 1 saturated carbocycles. The predicted octanol–water partition coefficient (Wildman–Crippen LogP) is 3.25. The summed E-state index contributed by atoms with van der Waals surface area (Å²) < 4.78 is 0. The second-order valence-corrected chi connectivity index (χ2v) is 5.91. The summed E-state index contributed by atoms with van der Waals surface area (Å²) >= 11 is 0. The predicted molar refractivity (Wildman–Crippen MR) is 70.8 cm³/mol. The average Bonchev–Trinajstić information content (AvgIpc) is 2.68. The van der Waals surface area contributed by atoms with E-state index in [4.69, 9.17) is 5.26 Å². The van der Waals surface area contributed by atoms with Crippen LogP contribution in [0.15, 0.2) is 0 Å². The largest absolute Gasteiger partial charge is 0.336 e. The van der Waals surface area contributed by atoms with Crippen LogP contribution in [-0.2, 0) is 4.79 Å². The molecule has 3 heteroatoms. The van der Waals surface area contributed by atoms with Gasteiger partial charge in [-0.15, -0.1) is 0 Å². The van der Waals surface area contributed by atoms with E-state index in [-0.39, 0.29) is 11.4 Å².